The highest BCUT2D eigenvalue weighted by molar-refractivity contribution is 6.31. The SMILES string of the molecule is CCC(C(=O)Nc1ccc2cnncc2c1)n1cc(OC)c(-c2cc(Cl)ccc2-n2cc(C(F)(F)F)nn2)cc1=O. The van der Waals surface area contributed by atoms with Crippen molar-refractivity contribution < 1.29 is 22.7 Å². The Morgan fingerprint density at radius 2 is 1.80 bits per heavy atom. The molecule has 5 rings (SSSR count). The number of alkyl halides is 3. The van der Waals surface area contributed by atoms with E-state index in [-0.39, 0.29) is 34.0 Å². The average molecular weight is 584 g/mol. The van der Waals surface area contributed by atoms with Crippen LogP contribution in [0.5, 0.6) is 5.75 Å². The summed E-state index contributed by atoms with van der Waals surface area (Å²) in [5.41, 5.74) is -0.525. The molecule has 0 saturated heterocycles. The minimum atomic E-state index is -4.69. The number of hydrogen-bond acceptors (Lipinski definition) is 7. The number of carbonyl (C=O) groups is 1. The van der Waals surface area contributed by atoms with Crippen LogP contribution in [0.1, 0.15) is 25.1 Å². The highest BCUT2D eigenvalue weighted by atomic mass is 35.5. The monoisotopic (exact) mass is 583 g/mol. The zero-order chi connectivity index (χ0) is 29.3. The molecule has 10 nitrogen and oxygen atoms in total. The maximum Gasteiger partial charge on any atom is 0.436 e. The number of rotatable bonds is 7. The fourth-order valence-corrected chi connectivity index (χ4v) is 4.56. The molecule has 1 N–H and O–H groups in total. The van der Waals surface area contributed by atoms with Crippen molar-refractivity contribution in [2.45, 2.75) is 25.6 Å². The van der Waals surface area contributed by atoms with Gasteiger partial charge in [-0.25, -0.2) is 4.68 Å². The Morgan fingerprint density at radius 1 is 1.05 bits per heavy atom. The Labute approximate surface area is 235 Å². The summed E-state index contributed by atoms with van der Waals surface area (Å²) in [5, 5.41) is 19.2. The summed E-state index contributed by atoms with van der Waals surface area (Å²) in [6.07, 6.45) is 0.872. The van der Waals surface area contributed by atoms with Crippen LogP contribution >= 0.6 is 11.6 Å². The molecule has 3 heterocycles. The maximum absolute atomic E-state index is 13.4. The van der Waals surface area contributed by atoms with Crippen LogP contribution in [0.4, 0.5) is 18.9 Å². The predicted octanol–water partition coefficient (Wildman–Crippen LogP) is 5.31. The van der Waals surface area contributed by atoms with Crippen molar-refractivity contribution >= 4 is 34.0 Å². The van der Waals surface area contributed by atoms with E-state index in [1.54, 1.807) is 37.5 Å². The quantitative estimate of drug-likeness (QED) is 0.276. The molecule has 41 heavy (non-hydrogen) atoms. The third-order valence-electron chi connectivity index (χ3n) is 6.38. The molecular formula is C27H21ClF3N7O3. The number of hydrogen-bond donors (Lipinski definition) is 1. The van der Waals surface area contributed by atoms with Crippen LogP contribution in [0.3, 0.4) is 0 Å². The molecule has 0 aliphatic heterocycles. The van der Waals surface area contributed by atoms with Gasteiger partial charge in [0.15, 0.2) is 5.69 Å². The number of methoxy groups -OCH3 is 1. The molecule has 1 unspecified atom stereocenters. The zero-order valence-corrected chi connectivity index (χ0v) is 22.3. The van der Waals surface area contributed by atoms with Crippen LogP contribution < -0.4 is 15.6 Å². The number of carbonyl (C=O) groups excluding carboxylic acids is 1. The van der Waals surface area contributed by atoms with Gasteiger partial charge in [0.2, 0.25) is 5.91 Å². The summed E-state index contributed by atoms with van der Waals surface area (Å²) >= 11 is 6.22. The Balaban J connectivity index is 1.52. The molecule has 3 aromatic heterocycles. The van der Waals surface area contributed by atoms with Gasteiger partial charge in [-0.1, -0.05) is 29.8 Å². The van der Waals surface area contributed by atoms with Crippen LogP contribution in [0.15, 0.2) is 72.0 Å². The van der Waals surface area contributed by atoms with Crippen molar-refractivity contribution in [3.05, 3.63) is 88.3 Å². The molecule has 0 aliphatic rings. The summed E-state index contributed by atoms with van der Waals surface area (Å²) in [6.45, 7) is 1.76. The van der Waals surface area contributed by atoms with Crippen LogP contribution in [0, 0.1) is 0 Å². The highest BCUT2D eigenvalue weighted by Crippen LogP contribution is 2.36. The minimum absolute atomic E-state index is 0.179. The number of aromatic nitrogens is 6. The van der Waals surface area contributed by atoms with Crippen LogP contribution in [0.25, 0.3) is 27.6 Å². The number of halogens is 4. The van der Waals surface area contributed by atoms with E-state index in [2.05, 4.69) is 25.8 Å². The smallest absolute Gasteiger partial charge is 0.436 e. The van der Waals surface area contributed by atoms with Gasteiger partial charge in [-0.3, -0.25) is 14.2 Å². The molecule has 1 amide bonds. The average Bonchev–Trinajstić information content (AvgIpc) is 3.45. The lowest BCUT2D eigenvalue weighted by molar-refractivity contribution is -0.141. The van der Waals surface area contributed by atoms with E-state index < -0.39 is 29.4 Å². The second-order valence-electron chi connectivity index (χ2n) is 8.95. The van der Waals surface area contributed by atoms with Gasteiger partial charge in [0.25, 0.3) is 5.56 Å². The first-order valence-corrected chi connectivity index (χ1v) is 12.6. The molecule has 0 bridgehead atoms. The standard InChI is InChI=1S/C27H21ClF3N7O3/c1-3-21(26(40)34-18-6-4-15-11-32-33-12-16(15)8-18)37-13-23(41-2)20(10-25(37)39)19-9-17(28)5-7-22(19)38-14-24(35-36-38)27(29,30)31/h4-14,21H,3H2,1-2H3,(H,34,40). The van der Waals surface area contributed by atoms with E-state index >= 15 is 0 Å². The summed E-state index contributed by atoms with van der Waals surface area (Å²) in [4.78, 5) is 26.7. The van der Waals surface area contributed by atoms with Gasteiger partial charge in [-0.05, 0) is 36.8 Å². The van der Waals surface area contributed by atoms with E-state index in [4.69, 9.17) is 16.3 Å². The summed E-state index contributed by atoms with van der Waals surface area (Å²) < 4.78 is 47.2. The van der Waals surface area contributed by atoms with Gasteiger partial charge in [0.05, 0.1) is 37.6 Å². The number of anilines is 1. The van der Waals surface area contributed by atoms with E-state index in [1.165, 1.54) is 42.1 Å². The van der Waals surface area contributed by atoms with Gasteiger partial charge < -0.3 is 10.1 Å². The van der Waals surface area contributed by atoms with Gasteiger partial charge in [-0.2, -0.15) is 23.4 Å². The molecule has 5 aromatic rings. The topological polar surface area (TPSA) is 117 Å². The molecular weight excluding hydrogens is 563 g/mol. The number of fused-ring (bicyclic) bond motifs is 1. The summed E-state index contributed by atoms with van der Waals surface area (Å²) in [6, 6.07) is 9.99. The lowest BCUT2D eigenvalue weighted by Gasteiger charge is -2.21. The molecule has 14 heteroatoms. The van der Waals surface area contributed by atoms with Crippen molar-refractivity contribution in [2.75, 3.05) is 12.4 Å². The van der Waals surface area contributed by atoms with E-state index in [9.17, 15) is 22.8 Å². The number of pyridine rings is 1. The lowest BCUT2D eigenvalue weighted by atomic mass is 10.0. The molecule has 0 saturated carbocycles. The zero-order valence-electron chi connectivity index (χ0n) is 21.6. The molecule has 0 fully saturated rings. The van der Waals surface area contributed by atoms with Crippen molar-refractivity contribution in [3.8, 4) is 22.6 Å². The van der Waals surface area contributed by atoms with Crippen LogP contribution in [0.2, 0.25) is 5.02 Å². The first kappa shape index (κ1) is 27.8. The normalized spacial score (nSPS) is 12.3. The highest BCUT2D eigenvalue weighted by Gasteiger charge is 2.35. The maximum atomic E-state index is 13.4. The first-order chi connectivity index (χ1) is 19.6. The van der Waals surface area contributed by atoms with Crippen LogP contribution in [-0.2, 0) is 11.0 Å². The second kappa shape index (κ2) is 11.0. The van der Waals surface area contributed by atoms with Crippen molar-refractivity contribution in [3.63, 3.8) is 0 Å². The van der Waals surface area contributed by atoms with Gasteiger partial charge in [0.1, 0.15) is 11.8 Å². The molecule has 0 radical (unpaired) electrons. The largest absolute Gasteiger partial charge is 0.495 e. The van der Waals surface area contributed by atoms with Gasteiger partial charge in [0, 0.05) is 38.7 Å². The van der Waals surface area contributed by atoms with Crippen molar-refractivity contribution in [2.24, 2.45) is 0 Å². The molecule has 0 aliphatic carbocycles. The third-order valence-corrected chi connectivity index (χ3v) is 6.62. The van der Waals surface area contributed by atoms with Crippen LogP contribution in [-0.4, -0.2) is 42.8 Å². The minimum Gasteiger partial charge on any atom is -0.495 e. The third kappa shape index (κ3) is 5.61. The molecule has 210 valence electrons. The molecule has 1 atom stereocenters. The van der Waals surface area contributed by atoms with Crippen molar-refractivity contribution in [1.29, 1.82) is 0 Å². The van der Waals surface area contributed by atoms with Crippen molar-refractivity contribution in [1.82, 2.24) is 29.8 Å². The fraction of sp³-hybridized carbons (Fsp3) is 0.185. The number of amides is 1. The van der Waals surface area contributed by atoms with E-state index in [1.807, 2.05) is 0 Å². The van der Waals surface area contributed by atoms with E-state index in [0.29, 0.717) is 5.69 Å². The summed E-state index contributed by atoms with van der Waals surface area (Å²) in [7, 11) is 1.37. The number of nitrogens with zero attached hydrogens (tertiary/aromatic N) is 6. The van der Waals surface area contributed by atoms with E-state index in [0.717, 1.165) is 21.7 Å². The Hall–Kier alpha value is -4.78. The Morgan fingerprint density at radius 3 is 2.49 bits per heavy atom. The summed E-state index contributed by atoms with van der Waals surface area (Å²) in [5.74, 6) is -0.253. The van der Waals surface area contributed by atoms with Gasteiger partial charge in [-0.15, -0.1) is 5.10 Å². The fourth-order valence-electron chi connectivity index (χ4n) is 4.39. The lowest BCUT2D eigenvalue weighted by Crippen LogP contribution is -2.32. The second-order valence-corrected chi connectivity index (χ2v) is 9.39. The number of benzene rings is 2. The Kier molecular flexibility index (Phi) is 7.45. The predicted molar refractivity (Wildman–Crippen MR) is 145 cm³/mol. The van der Waals surface area contributed by atoms with Gasteiger partial charge >= 0.3 is 6.18 Å². The number of ether oxygens (including phenoxy) is 1. The molecule has 0 spiro atoms. The molecule has 2 aromatic carbocycles. The Bertz CT molecular complexity index is 1820. The number of nitrogens with one attached hydrogen (secondary N) is 1. The first-order valence-electron chi connectivity index (χ1n) is 12.2.